The van der Waals surface area contributed by atoms with Gasteiger partial charge < -0.3 is 29.2 Å². The van der Waals surface area contributed by atoms with E-state index in [0.29, 0.717) is 36.2 Å². The maximum absolute atomic E-state index is 13.1. The van der Waals surface area contributed by atoms with Gasteiger partial charge in [0, 0.05) is 16.6 Å². The standard InChI is InChI=1S/C24H27BrN2O5S/c1-5-31-22(28)20-21-16-13-15(25)7-9-17(16)32-24(20,2)27(23(33)26-21)11-10-14-6-8-18(29-3)19(12-14)30-4/h6-9,12-13,20-21H,5,10-11H2,1-4H3,(H,26,33)/t20-,21-,24+/m1/s1. The van der Waals surface area contributed by atoms with Gasteiger partial charge in [0.1, 0.15) is 11.7 Å². The lowest BCUT2D eigenvalue weighted by Crippen LogP contribution is -2.71. The molecule has 0 unspecified atom stereocenters. The fourth-order valence-electron chi connectivity index (χ4n) is 4.61. The van der Waals surface area contributed by atoms with Crippen LogP contribution in [0.3, 0.4) is 0 Å². The molecule has 2 aliphatic rings. The Morgan fingerprint density at radius 2 is 1.97 bits per heavy atom. The highest BCUT2D eigenvalue weighted by Crippen LogP contribution is 2.49. The number of carbonyl (C=O) groups is 1. The molecule has 0 amide bonds. The van der Waals surface area contributed by atoms with Gasteiger partial charge in [-0.05, 0) is 68.4 Å². The molecule has 1 N–H and O–H groups in total. The Morgan fingerprint density at radius 3 is 2.67 bits per heavy atom. The van der Waals surface area contributed by atoms with E-state index in [9.17, 15) is 4.79 Å². The minimum atomic E-state index is -1.00. The first-order chi connectivity index (χ1) is 15.8. The van der Waals surface area contributed by atoms with Crippen LogP contribution in [0.4, 0.5) is 0 Å². The Hall–Kier alpha value is -2.52. The number of thiocarbonyl (C=S) groups is 1. The predicted molar refractivity (Wildman–Crippen MR) is 132 cm³/mol. The molecular formula is C24H27BrN2O5S. The topological polar surface area (TPSA) is 69.3 Å². The first-order valence-corrected chi connectivity index (χ1v) is 12.0. The molecule has 0 aliphatic carbocycles. The number of esters is 1. The highest BCUT2D eigenvalue weighted by molar-refractivity contribution is 9.10. The van der Waals surface area contributed by atoms with Crippen LogP contribution in [0, 0.1) is 5.92 Å². The number of methoxy groups -OCH3 is 2. The summed E-state index contributed by atoms with van der Waals surface area (Å²) in [5.74, 6) is 1.14. The minimum Gasteiger partial charge on any atom is -0.493 e. The number of nitrogens with zero attached hydrogens (tertiary/aromatic N) is 1. The third-order valence-electron chi connectivity index (χ3n) is 6.21. The number of benzene rings is 2. The summed E-state index contributed by atoms with van der Waals surface area (Å²) < 4.78 is 23.6. The molecule has 0 aromatic heterocycles. The first-order valence-electron chi connectivity index (χ1n) is 10.8. The van der Waals surface area contributed by atoms with Crippen LogP contribution in [-0.4, -0.2) is 49.1 Å². The molecule has 176 valence electrons. The van der Waals surface area contributed by atoms with Crippen molar-refractivity contribution in [3.8, 4) is 17.2 Å². The number of halogens is 1. The van der Waals surface area contributed by atoms with Crippen molar-refractivity contribution < 1.29 is 23.7 Å². The van der Waals surface area contributed by atoms with Gasteiger partial charge in [0.05, 0.1) is 26.9 Å². The first kappa shape index (κ1) is 23.6. The number of ether oxygens (including phenoxy) is 4. The maximum Gasteiger partial charge on any atom is 0.317 e. The van der Waals surface area contributed by atoms with E-state index in [1.807, 2.05) is 48.2 Å². The van der Waals surface area contributed by atoms with Gasteiger partial charge >= 0.3 is 5.97 Å². The molecule has 33 heavy (non-hydrogen) atoms. The fraction of sp³-hybridized carbons (Fsp3) is 0.417. The molecule has 4 rings (SSSR count). The largest absolute Gasteiger partial charge is 0.493 e. The molecule has 7 nitrogen and oxygen atoms in total. The number of rotatable bonds is 7. The fourth-order valence-corrected chi connectivity index (χ4v) is 5.39. The summed E-state index contributed by atoms with van der Waals surface area (Å²) in [6.45, 7) is 4.54. The quantitative estimate of drug-likeness (QED) is 0.418. The van der Waals surface area contributed by atoms with Gasteiger partial charge in [-0.2, -0.15) is 0 Å². The van der Waals surface area contributed by atoms with Crippen molar-refractivity contribution in [1.29, 1.82) is 0 Å². The van der Waals surface area contributed by atoms with Gasteiger partial charge in [0.15, 0.2) is 22.3 Å². The molecule has 2 bridgehead atoms. The van der Waals surface area contributed by atoms with Gasteiger partial charge in [-0.25, -0.2) is 0 Å². The zero-order valence-corrected chi connectivity index (χ0v) is 21.4. The Bertz CT molecular complexity index is 1080. The van der Waals surface area contributed by atoms with Crippen molar-refractivity contribution in [3.05, 3.63) is 52.0 Å². The second-order valence-corrected chi connectivity index (χ2v) is 9.39. The van der Waals surface area contributed by atoms with Crippen LogP contribution in [-0.2, 0) is 16.0 Å². The van der Waals surface area contributed by atoms with E-state index in [-0.39, 0.29) is 12.0 Å². The number of fused-ring (bicyclic) bond motifs is 4. The Kier molecular flexibility index (Phi) is 6.72. The van der Waals surface area contributed by atoms with Crippen molar-refractivity contribution in [2.24, 2.45) is 5.92 Å². The van der Waals surface area contributed by atoms with Gasteiger partial charge in [-0.1, -0.05) is 22.0 Å². The Morgan fingerprint density at radius 1 is 1.21 bits per heavy atom. The Labute approximate surface area is 207 Å². The summed E-state index contributed by atoms with van der Waals surface area (Å²) >= 11 is 9.27. The molecule has 2 aromatic rings. The van der Waals surface area contributed by atoms with Gasteiger partial charge in [-0.15, -0.1) is 0 Å². The summed E-state index contributed by atoms with van der Waals surface area (Å²) in [4.78, 5) is 15.1. The van der Waals surface area contributed by atoms with Crippen LogP contribution in [0.1, 0.15) is 31.0 Å². The van der Waals surface area contributed by atoms with E-state index >= 15 is 0 Å². The third kappa shape index (κ3) is 4.24. The van der Waals surface area contributed by atoms with Crippen molar-refractivity contribution in [3.63, 3.8) is 0 Å². The lowest BCUT2D eigenvalue weighted by molar-refractivity contribution is -0.175. The van der Waals surface area contributed by atoms with E-state index < -0.39 is 11.6 Å². The van der Waals surface area contributed by atoms with E-state index in [4.69, 9.17) is 31.2 Å². The Balaban J connectivity index is 1.67. The van der Waals surface area contributed by atoms with Gasteiger partial charge in [0.2, 0.25) is 0 Å². The minimum absolute atomic E-state index is 0.291. The predicted octanol–water partition coefficient (Wildman–Crippen LogP) is 4.23. The number of hydrogen-bond donors (Lipinski definition) is 1. The highest BCUT2D eigenvalue weighted by Gasteiger charge is 2.59. The van der Waals surface area contributed by atoms with E-state index in [1.165, 1.54) is 0 Å². The molecule has 2 heterocycles. The van der Waals surface area contributed by atoms with E-state index in [1.54, 1.807) is 21.1 Å². The zero-order chi connectivity index (χ0) is 23.8. The maximum atomic E-state index is 13.1. The van der Waals surface area contributed by atoms with Crippen molar-refractivity contribution >= 4 is 39.2 Å². The highest BCUT2D eigenvalue weighted by atomic mass is 79.9. The third-order valence-corrected chi connectivity index (χ3v) is 7.04. The number of carbonyl (C=O) groups excluding carboxylic acids is 1. The smallest absolute Gasteiger partial charge is 0.317 e. The zero-order valence-electron chi connectivity index (χ0n) is 19.0. The van der Waals surface area contributed by atoms with E-state index in [2.05, 4.69) is 21.2 Å². The SMILES string of the molecule is CCOC(=O)[C@H]1[C@@H]2NC(=S)N(CCc3ccc(OC)c(OC)c3)[C@@]1(C)Oc1ccc(Br)cc12. The molecule has 1 saturated heterocycles. The second-order valence-electron chi connectivity index (χ2n) is 8.09. The van der Waals surface area contributed by atoms with Gasteiger partial charge in [0.25, 0.3) is 0 Å². The monoisotopic (exact) mass is 534 g/mol. The summed E-state index contributed by atoms with van der Waals surface area (Å²) in [5.41, 5.74) is 0.923. The van der Waals surface area contributed by atoms with E-state index in [0.717, 1.165) is 21.3 Å². The molecule has 0 radical (unpaired) electrons. The summed E-state index contributed by atoms with van der Waals surface area (Å²) in [6, 6.07) is 11.3. The number of nitrogens with one attached hydrogen (secondary N) is 1. The van der Waals surface area contributed by atoms with Crippen molar-refractivity contribution in [1.82, 2.24) is 10.2 Å². The second kappa shape index (κ2) is 9.38. The molecule has 1 fully saturated rings. The van der Waals surface area contributed by atoms with Crippen LogP contribution in [0.5, 0.6) is 17.2 Å². The van der Waals surface area contributed by atoms with Crippen LogP contribution in [0.25, 0.3) is 0 Å². The van der Waals surface area contributed by atoms with Crippen LogP contribution in [0.15, 0.2) is 40.9 Å². The summed E-state index contributed by atoms with van der Waals surface area (Å²) in [7, 11) is 3.22. The van der Waals surface area contributed by atoms with Crippen LogP contribution < -0.4 is 19.5 Å². The molecule has 2 aliphatic heterocycles. The number of hydrogen-bond acceptors (Lipinski definition) is 6. The lowest BCUT2D eigenvalue weighted by atomic mass is 9.79. The van der Waals surface area contributed by atoms with Crippen LogP contribution in [0.2, 0.25) is 0 Å². The molecule has 2 aromatic carbocycles. The average molecular weight is 535 g/mol. The molecule has 9 heteroatoms. The molecule has 0 spiro atoms. The van der Waals surface area contributed by atoms with Crippen molar-refractivity contribution in [2.45, 2.75) is 32.0 Å². The van der Waals surface area contributed by atoms with Gasteiger partial charge in [-0.3, -0.25) is 4.79 Å². The molecular weight excluding hydrogens is 508 g/mol. The normalized spacial score (nSPS) is 23.2. The summed E-state index contributed by atoms with van der Waals surface area (Å²) in [6.07, 6.45) is 0.661. The average Bonchev–Trinajstić information content (AvgIpc) is 2.79. The lowest BCUT2D eigenvalue weighted by Gasteiger charge is -2.55. The van der Waals surface area contributed by atoms with Crippen molar-refractivity contribution in [2.75, 3.05) is 27.4 Å². The molecule has 0 saturated carbocycles. The summed E-state index contributed by atoms with van der Waals surface area (Å²) in [5, 5.41) is 3.92. The molecule has 3 atom stereocenters. The van der Waals surface area contributed by atoms with Crippen LogP contribution >= 0.6 is 28.1 Å².